The van der Waals surface area contributed by atoms with Crippen molar-refractivity contribution in [3.05, 3.63) is 10.1 Å². The van der Waals surface area contributed by atoms with E-state index in [4.69, 9.17) is 0 Å². The van der Waals surface area contributed by atoms with Crippen LogP contribution in [-0.2, 0) is 0 Å². The van der Waals surface area contributed by atoms with Gasteiger partial charge in [0.1, 0.15) is 6.17 Å². The lowest BCUT2D eigenvalue weighted by atomic mass is 10.1. The molecule has 0 aliphatic heterocycles. The van der Waals surface area contributed by atoms with E-state index in [9.17, 15) is 4.39 Å². The van der Waals surface area contributed by atoms with E-state index < -0.39 is 6.17 Å². The highest BCUT2D eigenvalue weighted by Gasteiger charge is 2.06. The zero-order valence-corrected chi connectivity index (χ0v) is 7.63. The highest BCUT2D eigenvalue weighted by Crippen LogP contribution is 2.17. The Morgan fingerprint density at radius 3 is 2.11 bits per heavy atom. The van der Waals surface area contributed by atoms with Gasteiger partial charge in [0, 0.05) is 0 Å². The maximum absolute atomic E-state index is 12.7. The first-order valence-corrected chi connectivity index (χ1v) is 3.85. The van der Waals surface area contributed by atoms with Crippen LogP contribution < -0.4 is 0 Å². The van der Waals surface area contributed by atoms with Crippen LogP contribution in [0.1, 0.15) is 27.2 Å². The molecule has 0 aromatic heterocycles. The molecule has 1 atom stereocenters. The van der Waals surface area contributed by atoms with E-state index in [-0.39, 0.29) is 0 Å². The van der Waals surface area contributed by atoms with Crippen LogP contribution in [0.15, 0.2) is 10.1 Å². The van der Waals surface area contributed by atoms with Gasteiger partial charge in [-0.1, -0.05) is 22.9 Å². The second kappa shape index (κ2) is 4.04. The minimum atomic E-state index is -0.774. The largest absolute Gasteiger partial charge is 0.243 e. The molecule has 0 aromatic carbocycles. The molecule has 2 heteroatoms. The third kappa shape index (κ3) is 2.99. The molecule has 0 N–H and O–H groups in total. The maximum Gasteiger partial charge on any atom is 0.122 e. The number of alkyl halides is 1. The molecule has 0 aliphatic rings. The lowest BCUT2D eigenvalue weighted by molar-refractivity contribution is 0.371. The molecule has 54 valence electrons. The molecule has 0 bridgehead atoms. The van der Waals surface area contributed by atoms with Crippen molar-refractivity contribution >= 4 is 15.9 Å². The summed E-state index contributed by atoms with van der Waals surface area (Å²) in [5.41, 5.74) is 0.803. The van der Waals surface area contributed by atoms with Crippen molar-refractivity contribution in [1.82, 2.24) is 0 Å². The summed E-state index contributed by atoms with van der Waals surface area (Å²) < 4.78 is 13.6. The molecule has 0 aliphatic carbocycles. The van der Waals surface area contributed by atoms with Crippen LogP contribution in [0.3, 0.4) is 0 Å². The normalized spacial score (nSPS) is 17.0. The van der Waals surface area contributed by atoms with Crippen molar-refractivity contribution in [1.29, 1.82) is 0 Å². The Bertz CT molecular complexity index is 114. The summed E-state index contributed by atoms with van der Waals surface area (Å²) in [4.78, 5) is 0. The van der Waals surface area contributed by atoms with Gasteiger partial charge in [-0.3, -0.25) is 0 Å². The first-order valence-electron chi connectivity index (χ1n) is 3.06. The highest BCUT2D eigenvalue weighted by molar-refractivity contribution is 9.11. The summed E-state index contributed by atoms with van der Waals surface area (Å²) in [6.45, 7) is 5.50. The van der Waals surface area contributed by atoms with Crippen molar-refractivity contribution in [2.24, 2.45) is 0 Å². The molecule has 0 nitrogen and oxygen atoms in total. The molecule has 0 rings (SSSR count). The molecular formula is C7H12BrF. The zero-order chi connectivity index (χ0) is 7.44. The Morgan fingerprint density at radius 1 is 1.56 bits per heavy atom. The van der Waals surface area contributed by atoms with Crippen molar-refractivity contribution in [2.45, 2.75) is 33.4 Å². The van der Waals surface area contributed by atoms with Gasteiger partial charge in [0.2, 0.25) is 0 Å². The molecule has 0 spiro atoms. The van der Waals surface area contributed by atoms with Gasteiger partial charge in [-0.15, -0.1) is 0 Å². The number of hydrogen-bond donors (Lipinski definition) is 0. The second-order valence-electron chi connectivity index (χ2n) is 2.09. The standard InChI is InChI=1S/C7H12BrF/c1-4-7(9)5(2)6(3)8/h7H,4H2,1-3H3/b6-5-. The molecule has 0 heterocycles. The van der Waals surface area contributed by atoms with E-state index in [2.05, 4.69) is 15.9 Å². The Hall–Kier alpha value is 0.150. The van der Waals surface area contributed by atoms with E-state index in [1.807, 2.05) is 13.8 Å². The van der Waals surface area contributed by atoms with Crippen molar-refractivity contribution in [3.8, 4) is 0 Å². The number of halogens is 2. The van der Waals surface area contributed by atoms with Crippen LogP contribution in [0.4, 0.5) is 4.39 Å². The summed E-state index contributed by atoms with van der Waals surface area (Å²) in [5.74, 6) is 0. The predicted molar refractivity (Wildman–Crippen MR) is 42.5 cm³/mol. The number of rotatable bonds is 2. The SMILES string of the molecule is CCC(F)/C(C)=C(/C)Br. The summed E-state index contributed by atoms with van der Waals surface area (Å²) in [5, 5.41) is 0. The van der Waals surface area contributed by atoms with Gasteiger partial charge in [-0.25, -0.2) is 4.39 Å². The van der Waals surface area contributed by atoms with Gasteiger partial charge < -0.3 is 0 Å². The predicted octanol–water partition coefficient (Wildman–Crippen LogP) is 3.42. The molecule has 0 amide bonds. The van der Waals surface area contributed by atoms with Crippen LogP contribution >= 0.6 is 15.9 Å². The van der Waals surface area contributed by atoms with Crippen molar-refractivity contribution in [2.75, 3.05) is 0 Å². The maximum atomic E-state index is 12.7. The first-order chi connectivity index (χ1) is 4.09. The topological polar surface area (TPSA) is 0 Å². The van der Waals surface area contributed by atoms with Crippen LogP contribution in [-0.4, -0.2) is 6.17 Å². The molecule has 0 saturated heterocycles. The average molecular weight is 195 g/mol. The lowest BCUT2D eigenvalue weighted by Gasteiger charge is -2.05. The Labute approximate surface area is 64.3 Å². The Morgan fingerprint density at radius 2 is 2.00 bits per heavy atom. The molecular weight excluding hydrogens is 183 g/mol. The fourth-order valence-corrected chi connectivity index (χ4v) is 0.770. The molecule has 0 aromatic rings. The number of allylic oxidation sites excluding steroid dienone is 2. The zero-order valence-electron chi connectivity index (χ0n) is 6.04. The number of hydrogen-bond acceptors (Lipinski definition) is 0. The summed E-state index contributed by atoms with van der Waals surface area (Å²) >= 11 is 3.22. The third-order valence-corrected chi connectivity index (χ3v) is 2.00. The van der Waals surface area contributed by atoms with Gasteiger partial charge in [-0.05, 0) is 30.3 Å². The minimum absolute atomic E-state index is 0.564. The second-order valence-corrected chi connectivity index (χ2v) is 3.28. The fraction of sp³-hybridized carbons (Fsp3) is 0.714. The molecule has 0 saturated carbocycles. The minimum Gasteiger partial charge on any atom is -0.243 e. The van der Waals surface area contributed by atoms with E-state index in [0.29, 0.717) is 6.42 Å². The van der Waals surface area contributed by atoms with E-state index in [1.165, 1.54) is 0 Å². The molecule has 0 radical (unpaired) electrons. The van der Waals surface area contributed by atoms with Crippen LogP contribution in [0, 0.1) is 0 Å². The summed E-state index contributed by atoms with van der Waals surface area (Å²) in [6.07, 6.45) is -0.209. The molecule has 9 heavy (non-hydrogen) atoms. The first kappa shape index (κ1) is 9.15. The fourth-order valence-electron chi connectivity index (χ4n) is 0.522. The van der Waals surface area contributed by atoms with E-state index >= 15 is 0 Å². The van der Waals surface area contributed by atoms with Gasteiger partial charge in [0.25, 0.3) is 0 Å². The smallest absolute Gasteiger partial charge is 0.122 e. The van der Waals surface area contributed by atoms with Gasteiger partial charge >= 0.3 is 0 Å². The van der Waals surface area contributed by atoms with Crippen LogP contribution in [0.25, 0.3) is 0 Å². The van der Waals surface area contributed by atoms with Gasteiger partial charge in [0.05, 0.1) is 0 Å². The van der Waals surface area contributed by atoms with E-state index in [0.717, 1.165) is 10.1 Å². The van der Waals surface area contributed by atoms with Crippen LogP contribution in [0.5, 0.6) is 0 Å². The third-order valence-electron chi connectivity index (χ3n) is 1.37. The summed E-state index contributed by atoms with van der Waals surface area (Å²) in [6, 6.07) is 0. The average Bonchev–Trinajstić information content (AvgIpc) is 1.84. The Kier molecular flexibility index (Phi) is 4.11. The highest BCUT2D eigenvalue weighted by atomic mass is 79.9. The molecule has 1 unspecified atom stereocenters. The van der Waals surface area contributed by atoms with Crippen molar-refractivity contribution < 1.29 is 4.39 Å². The van der Waals surface area contributed by atoms with Gasteiger partial charge in [0.15, 0.2) is 0 Å². The lowest BCUT2D eigenvalue weighted by Crippen LogP contribution is -1.99. The molecule has 0 fully saturated rings. The van der Waals surface area contributed by atoms with Gasteiger partial charge in [-0.2, -0.15) is 0 Å². The quantitative estimate of drug-likeness (QED) is 0.633. The van der Waals surface area contributed by atoms with Crippen LogP contribution in [0.2, 0.25) is 0 Å². The van der Waals surface area contributed by atoms with Crippen molar-refractivity contribution in [3.63, 3.8) is 0 Å². The summed E-state index contributed by atoms with van der Waals surface area (Å²) in [7, 11) is 0. The monoisotopic (exact) mass is 194 g/mol. The Balaban J connectivity index is 4.02. The van der Waals surface area contributed by atoms with E-state index in [1.54, 1.807) is 6.92 Å².